The number of nitrogens with one attached hydrogen (secondary N) is 1. The van der Waals surface area contributed by atoms with Crippen LogP contribution < -0.4 is 5.32 Å². The maximum absolute atomic E-state index is 11.2. The molecule has 0 aliphatic rings. The monoisotopic (exact) mass is 228 g/mol. The van der Waals surface area contributed by atoms with E-state index in [-0.39, 0.29) is 6.54 Å². The second kappa shape index (κ2) is 4.88. The van der Waals surface area contributed by atoms with Crippen molar-refractivity contribution in [3.63, 3.8) is 0 Å². The van der Waals surface area contributed by atoms with Crippen LogP contribution in [0.25, 0.3) is 0 Å². The highest BCUT2D eigenvalue weighted by Gasteiger charge is 2.19. The zero-order valence-electron chi connectivity index (χ0n) is 8.48. The van der Waals surface area contributed by atoms with Crippen molar-refractivity contribution in [1.82, 2.24) is 10.3 Å². The van der Waals surface area contributed by atoms with E-state index >= 15 is 0 Å². The lowest BCUT2D eigenvalue weighted by Gasteiger charge is -2.06. The van der Waals surface area contributed by atoms with Gasteiger partial charge in [-0.05, 0) is 13.8 Å². The van der Waals surface area contributed by atoms with E-state index < -0.39 is 17.8 Å². The van der Waals surface area contributed by atoms with Crippen molar-refractivity contribution in [3.05, 3.63) is 16.1 Å². The Morgan fingerprint density at radius 2 is 2.33 bits per heavy atom. The van der Waals surface area contributed by atoms with E-state index in [1.54, 1.807) is 6.20 Å². The Labute approximate surface area is 91.1 Å². The van der Waals surface area contributed by atoms with Gasteiger partial charge >= 0.3 is 5.97 Å². The number of carbonyl (C=O) groups is 2. The number of carboxylic acids is 1. The molecule has 5 nitrogen and oxygen atoms in total. The fourth-order valence-electron chi connectivity index (χ4n) is 0.911. The minimum absolute atomic E-state index is 0.287. The molecule has 0 spiro atoms. The third-order valence-corrected chi connectivity index (χ3v) is 2.76. The van der Waals surface area contributed by atoms with Crippen molar-refractivity contribution >= 4 is 23.2 Å². The van der Waals surface area contributed by atoms with Crippen LogP contribution in [0.15, 0.2) is 6.20 Å². The molecule has 15 heavy (non-hydrogen) atoms. The van der Waals surface area contributed by atoms with Crippen molar-refractivity contribution in [3.8, 4) is 0 Å². The van der Waals surface area contributed by atoms with E-state index in [2.05, 4.69) is 10.3 Å². The number of aryl methyl sites for hydroxylation is 1. The molecule has 0 saturated carbocycles. The highest BCUT2D eigenvalue weighted by Crippen LogP contribution is 2.10. The minimum atomic E-state index is -1.12. The summed E-state index contributed by atoms with van der Waals surface area (Å²) in [5.41, 5.74) is 0. The number of nitrogens with zero attached hydrogens (tertiary/aromatic N) is 1. The first-order valence-electron chi connectivity index (χ1n) is 4.42. The quantitative estimate of drug-likeness (QED) is 0.747. The second-order valence-corrected chi connectivity index (χ2v) is 4.46. The van der Waals surface area contributed by atoms with Gasteiger partial charge in [0, 0.05) is 11.1 Å². The summed E-state index contributed by atoms with van der Waals surface area (Å²) in [6, 6.07) is 0. The molecule has 0 fully saturated rings. The standard InChI is InChI=1S/C9H12N2O3S/c1-5-3-10-7(15-5)4-11-8(12)6(2)9(13)14/h3,6H,4H2,1-2H3,(H,11,12)(H,13,14). The molecule has 0 aliphatic heterocycles. The number of amides is 1. The summed E-state index contributed by atoms with van der Waals surface area (Å²) >= 11 is 1.48. The van der Waals surface area contributed by atoms with E-state index in [4.69, 9.17) is 5.11 Å². The average Bonchev–Trinajstić information content (AvgIpc) is 2.59. The van der Waals surface area contributed by atoms with Crippen molar-refractivity contribution in [2.75, 3.05) is 0 Å². The maximum atomic E-state index is 11.2. The van der Waals surface area contributed by atoms with Crippen LogP contribution >= 0.6 is 11.3 Å². The molecule has 0 radical (unpaired) electrons. The Kier molecular flexibility index (Phi) is 3.79. The number of aliphatic carboxylic acids is 1. The van der Waals surface area contributed by atoms with Crippen LogP contribution in [-0.4, -0.2) is 22.0 Å². The zero-order valence-corrected chi connectivity index (χ0v) is 9.30. The van der Waals surface area contributed by atoms with Crippen molar-refractivity contribution < 1.29 is 14.7 Å². The third kappa shape index (κ3) is 3.32. The van der Waals surface area contributed by atoms with Gasteiger partial charge in [0.15, 0.2) is 0 Å². The molecule has 6 heteroatoms. The van der Waals surface area contributed by atoms with E-state index in [1.165, 1.54) is 18.3 Å². The molecule has 1 rings (SSSR count). The number of carbonyl (C=O) groups excluding carboxylic acids is 1. The predicted molar refractivity (Wildman–Crippen MR) is 55.5 cm³/mol. The topological polar surface area (TPSA) is 79.3 Å². The highest BCUT2D eigenvalue weighted by atomic mass is 32.1. The smallest absolute Gasteiger partial charge is 0.315 e. The van der Waals surface area contributed by atoms with Gasteiger partial charge in [-0.25, -0.2) is 4.98 Å². The van der Waals surface area contributed by atoms with E-state index in [1.807, 2.05) is 6.92 Å². The first-order chi connectivity index (χ1) is 7.00. The SMILES string of the molecule is Cc1cnc(CNC(=O)C(C)C(=O)O)s1. The molecule has 82 valence electrons. The number of thiazole rings is 1. The molecule has 1 atom stereocenters. The highest BCUT2D eigenvalue weighted by molar-refractivity contribution is 7.11. The van der Waals surface area contributed by atoms with Gasteiger partial charge in [-0.15, -0.1) is 11.3 Å². The van der Waals surface area contributed by atoms with E-state index in [0.29, 0.717) is 0 Å². The summed E-state index contributed by atoms with van der Waals surface area (Å²) in [5, 5.41) is 11.9. The van der Waals surface area contributed by atoms with Gasteiger partial charge in [0.2, 0.25) is 5.91 Å². The first-order valence-corrected chi connectivity index (χ1v) is 5.24. The maximum Gasteiger partial charge on any atom is 0.315 e. The fourth-order valence-corrected chi connectivity index (χ4v) is 1.64. The Morgan fingerprint density at radius 3 is 2.80 bits per heavy atom. The number of hydrogen-bond donors (Lipinski definition) is 2. The largest absolute Gasteiger partial charge is 0.481 e. The van der Waals surface area contributed by atoms with E-state index in [9.17, 15) is 9.59 Å². The van der Waals surface area contributed by atoms with Gasteiger partial charge in [0.25, 0.3) is 0 Å². The van der Waals surface area contributed by atoms with Crippen LogP contribution in [0.5, 0.6) is 0 Å². The summed E-state index contributed by atoms with van der Waals surface area (Å²) in [7, 11) is 0. The lowest BCUT2D eigenvalue weighted by molar-refractivity contribution is -0.146. The molecule has 0 bridgehead atoms. The van der Waals surface area contributed by atoms with Gasteiger partial charge in [-0.2, -0.15) is 0 Å². The second-order valence-electron chi connectivity index (χ2n) is 3.14. The Bertz CT molecular complexity index is 375. The van der Waals surface area contributed by atoms with Crippen molar-refractivity contribution in [1.29, 1.82) is 0 Å². The predicted octanol–water partition coefficient (Wildman–Crippen LogP) is 0.788. The van der Waals surface area contributed by atoms with Gasteiger partial charge in [0.1, 0.15) is 10.9 Å². The molecular formula is C9H12N2O3S. The zero-order chi connectivity index (χ0) is 11.4. The number of carboxylic acid groups (broad SMARTS) is 1. The Hall–Kier alpha value is -1.43. The number of hydrogen-bond acceptors (Lipinski definition) is 4. The normalized spacial score (nSPS) is 12.1. The lowest BCUT2D eigenvalue weighted by Crippen LogP contribution is -2.33. The summed E-state index contributed by atoms with van der Waals surface area (Å²) < 4.78 is 0. The van der Waals surface area contributed by atoms with Gasteiger partial charge < -0.3 is 10.4 Å². The Morgan fingerprint density at radius 1 is 1.67 bits per heavy atom. The number of aromatic nitrogens is 1. The molecule has 1 aromatic rings. The lowest BCUT2D eigenvalue weighted by atomic mass is 10.2. The van der Waals surface area contributed by atoms with Crippen molar-refractivity contribution in [2.24, 2.45) is 5.92 Å². The molecule has 0 aliphatic carbocycles. The Balaban J connectivity index is 2.44. The molecule has 0 saturated heterocycles. The van der Waals surface area contributed by atoms with Crippen LogP contribution in [-0.2, 0) is 16.1 Å². The van der Waals surface area contributed by atoms with Gasteiger partial charge in [-0.3, -0.25) is 9.59 Å². The van der Waals surface area contributed by atoms with E-state index in [0.717, 1.165) is 9.88 Å². The van der Waals surface area contributed by atoms with Crippen LogP contribution in [0.2, 0.25) is 0 Å². The summed E-state index contributed by atoms with van der Waals surface area (Å²) in [4.78, 5) is 26.8. The summed E-state index contributed by atoms with van der Waals surface area (Å²) in [5.74, 6) is -2.63. The molecule has 2 N–H and O–H groups in total. The molecule has 1 amide bonds. The summed E-state index contributed by atoms with van der Waals surface area (Å²) in [6.07, 6.45) is 1.72. The first kappa shape index (κ1) is 11.6. The van der Waals surface area contributed by atoms with Crippen LogP contribution in [0.4, 0.5) is 0 Å². The molecule has 1 heterocycles. The van der Waals surface area contributed by atoms with Crippen LogP contribution in [0, 0.1) is 12.8 Å². The van der Waals surface area contributed by atoms with Gasteiger partial charge in [-0.1, -0.05) is 0 Å². The minimum Gasteiger partial charge on any atom is -0.481 e. The van der Waals surface area contributed by atoms with Gasteiger partial charge in [0.05, 0.1) is 6.54 Å². The molecule has 1 unspecified atom stereocenters. The van der Waals surface area contributed by atoms with Crippen LogP contribution in [0.3, 0.4) is 0 Å². The fraction of sp³-hybridized carbons (Fsp3) is 0.444. The molecular weight excluding hydrogens is 216 g/mol. The average molecular weight is 228 g/mol. The summed E-state index contributed by atoms with van der Waals surface area (Å²) in [6.45, 7) is 3.56. The molecule has 1 aromatic heterocycles. The van der Waals surface area contributed by atoms with Crippen molar-refractivity contribution in [2.45, 2.75) is 20.4 Å². The molecule has 0 aromatic carbocycles. The number of rotatable bonds is 4. The third-order valence-electron chi connectivity index (χ3n) is 1.85. The van der Waals surface area contributed by atoms with Crippen LogP contribution in [0.1, 0.15) is 16.8 Å².